The maximum atomic E-state index is 13.0. The van der Waals surface area contributed by atoms with Gasteiger partial charge in [-0.05, 0) is 24.1 Å². The first-order chi connectivity index (χ1) is 10.6. The first-order valence-electron chi connectivity index (χ1n) is 6.63. The first-order valence-corrected chi connectivity index (χ1v) is 7.01. The van der Waals surface area contributed by atoms with Crippen LogP contribution in [-0.2, 0) is 11.2 Å². The number of amides is 1. The summed E-state index contributed by atoms with van der Waals surface area (Å²) in [6, 6.07) is 4.03. The fourth-order valence-electron chi connectivity index (χ4n) is 1.74. The number of hydrogen-bond donors (Lipinski definition) is 1. The standard InChI is InChI=1S/C14H15ClFN3O3/c1-21-6-2-5-17-13(20)14-19-18-12(22-14)7-9-3-4-10(16)8-11(9)15/h3-4,8H,2,5-7H2,1H3,(H,17,20). The van der Waals surface area contributed by atoms with E-state index in [2.05, 4.69) is 15.5 Å². The van der Waals surface area contributed by atoms with Gasteiger partial charge in [0.05, 0.1) is 6.42 Å². The topological polar surface area (TPSA) is 77.2 Å². The number of rotatable bonds is 7. The van der Waals surface area contributed by atoms with Crippen LogP contribution in [0, 0.1) is 5.82 Å². The van der Waals surface area contributed by atoms with Gasteiger partial charge in [0, 0.05) is 25.3 Å². The third-order valence-electron chi connectivity index (χ3n) is 2.83. The van der Waals surface area contributed by atoms with Crippen molar-refractivity contribution in [3.63, 3.8) is 0 Å². The summed E-state index contributed by atoms with van der Waals surface area (Å²) in [5.74, 6) is -0.753. The molecule has 1 heterocycles. The number of aromatic nitrogens is 2. The number of methoxy groups -OCH3 is 1. The van der Waals surface area contributed by atoms with E-state index in [0.717, 1.165) is 0 Å². The van der Waals surface area contributed by atoms with Crippen molar-refractivity contribution in [1.29, 1.82) is 0 Å². The van der Waals surface area contributed by atoms with Crippen LogP contribution >= 0.6 is 11.6 Å². The minimum Gasteiger partial charge on any atom is -0.417 e. The van der Waals surface area contributed by atoms with Crippen molar-refractivity contribution in [2.24, 2.45) is 0 Å². The molecule has 0 spiro atoms. The average Bonchev–Trinajstić information content (AvgIpc) is 2.95. The van der Waals surface area contributed by atoms with Crippen molar-refractivity contribution in [3.8, 4) is 0 Å². The third-order valence-corrected chi connectivity index (χ3v) is 3.18. The summed E-state index contributed by atoms with van der Waals surface area (Å²) < 4.78 is 23.1. The Morgan fingerprint density at radius 3 is 3.00 bits per heavy atom. The minimum atomic E-state index is -0.444. The summed E-state index contributed by atoms with van der Waals surface area (Å²) in [6.07, 6.45) is 0.914. The van der Waals surface area contributed by atoms with Crippen LogP contribution in [0.1, 0.15) is 28.6 Å². The van der Waals surface area contributed by atoms with Crippen molar-refractivity contribution in [2.45, 2.75) is 12.8 Å². The van der Waals surface area contributed by atoms with Crippen molar-refractivity contribution in [2.75, 3.05) is 20.3 Å². The van der Waals surface area contributed by atoms with Gasteiger partial charge in [0.2, 0.25) is 5.89 Å². The van der Waals surface area contributed by atoms with Gasteiger partial charge in [-0.2, -0.15) is 0 Å². The van der Waals surface area contributed by atoms with E-state index in [0.29, 0.717) is 25.1 Å². The van der Waals surface area contributed by atoms with Crippen LogP contribution in [-0.4, -0.2) is 36.4 Å². The van der Waals surface area contributed by atoms with Crippen LogP contribution in [0.2, 0.25) is 5.02 Å². The van der Waals surface area contributed by atoms with E-state index in [4.69, 9.17) is 20.8 Å². The summed E-state index contributed by atoms with van der Waals surface area (Å²) in [5.41, 5.74) is 0.638. The largest absolute Gasteiger partial charge is 0.417 e. The molecule has 1 amide bonds. The lowest BCUT2D eigenvalue weighted by Gasteiger charge is -2.01. The van der Waals surface area contributed by atoms with Crippen LogP contribution in [0.25, 0.3) is 0 Å². The monoisotopic (exact) mass is 327 g/mol. The maximum Gasteiger partial charge on any atom is 0.308 e. The van der Waals surface area contributed by atoms with E-state index in [9.17, 15) is 9.18 Å². The molecule has 0 bridgehead atoms. The number of benzene rings is 1. The van der Waals surface area contributed by atoms with E-state index in [-0.39, 0.29) is 23.2 Å². The lowest BCUT2D eigenvalue weighted by molar-refractivity contribution is 0.0912. The zero-order chi connectivity index (χ0) is 15.9. The molecule has 0 aliphatic heterocycles. The quantitative estimate of drug-likeness (QED) is 0.789. The Hall–Kier alpha value is -1.99. The molecule has 0 saturated heterocycles. The van der Waals surface area contributed by atoms with E-state index in [1.165, 1.54) is 18.2 Å². The molecule has 0 saturated carbocycles. The molecule has 0 unspecified atom stereocenters. The SMILES string of the molecule is COCCCNC(=O)c1nnc(Cc2ccc(F)cc2Cl)o1. The van der Waals surface area contributed by atoms with Crippen LogP contribution in [0.5, 0.6) is 0 Å². The van der Waals surface area contributed by atoms with E-state index >= 15 is 0 Å². The van der Waals surface area contributed by atoms with E-state index in [1.807, 2.05) is 0 Å². The molecular formula is C14H15ClFN3O3. The summed E-state index contributed by atoms with van der Waals surface area (Å²) in [4.78, 5) is 11.8. The Balaban J connectivity index is 1.94. The Morgan fingerprint density at radius 1 is 1.45 bits per heavy atom. The second-order valence-electron chi connectivity index (χ2n) is 4.52. The summed E-state index contributed by atoms with van der Waals surface area (Å²) in [7, 11) is 1.59. The average molecular weight is 328 g/mol. The number of hydrogen-bond acceptors (Lipinski definition) is 5. The summed E-state index contributed by atoms with van der Waals surface area (Å²) >= 11 is 5.93. The second-order valence-corrected chi connectivity index (χ2v) is 4.92. The number of ether oxygens (including phenoxy) is 1. The van der Waals surface area contributed by atoms with Gasteiger partial charge in [0.1, 0.15) is 5.82 Å². The zero-order valence-electron chi connectivity index (χ0n) is 11.9. The highest BCUT2D eigenvalue weighted by molar-refractivity contribution is 6.31. The van der Waals surface area contributed by atoms with Gasteiger partial charge in [-0.3, -0.25) is 4.79 Å². The molecule has 8 heteroatoms. The van der Waals surface area contributed by atoms with E-state index < -0.39 is 11.7 Å². The number of carbonyl (C=O) groups excluding carboxylic acids is 1. The van der Waals surface area contributed by atoms with Crippen LogP contribution in [0.3, 0.4) is 0 Å². The molecule has 2 aromatic rings. The molecule has 0 fully saturated rings. The number of nitrogens with one attached hydrogen (secondary N) is 1. The maximum absolute atomic E-state index is 13.0. The van der Waals surface area contributed by atoms with Gasteiger partial charge < -0.3 is 14.5 Å². The molecule has 118 valence electrons. The molecule has 0 aliphatic carbocycles. The number of carbonyl (C=O) groups is 1. The normalized spacial score (nSPS) is 10.7. The van der Waals surface area contributed by atoms with Crippen molar-refractivity contribution in [1.82, 2.24) is 15.5 Å². The molecular weight excluding hydrogens is 313 g/mol. The van der Waals surface area contributed by atoms with Gasteiger partial charge in [0.25, 0.3) is 0 Å². The molecule has 0 radical (unpaired) electrons. The predicted octanol–water partition coefficient (Wildman–Crippen LogP) is 2.22. The summed E-state index contributed by atoms with van der Waals surface area (Å²) in [6.45, 7) is 1.01. The Morgan fingerprint density at radius 2 is 2.27 bits per heavy atom. The molecule has 0 aliphatic rings. The predicted molar refractivity (Wildman–Crippen MR) is 77.3 cm³/mol. The Kier molecular flexibility index (Phi) is 5.85. The lowest BCUT2D eigenvalue weighted by atomic mass is 10.1. The Bertz CT molecular complexity index is 648. The molecule has 1 aromatic heterocycles. The fraction of sp³-hybridized carbons (Fsp3) is 0.357. The van der Waals surface area contributed by atoms with Gasteiger partial charge in [-0.15, -0.1) is 10.2 Å². The fourth-order valence-corrected chi connectivity index (χ4v) is 1.97. The lowest BCUT2D eigenvalue weighted by Crippen LogP contribution is -2.25. The van der Waals surface area contributed by atoms with Gasteiger partial charge >= 0.3 is 11.8 Å². The van der Waals surface area contributed by atoms with Crippen LogP contribution in [0.4, 0.5) is 4.39 Å². The minimum absolute atomic E-state index is 0.120. The molecule has 6 nitrogen and oxygen atoms in total. The van der Waals surface area contributed by atoms with Crippen molar-refractivity contribution in [3.05, 3.63) is 46.4 Å². The van der Waals surface area contributed by atoms with Gasteiger partial charge in [0.15, 0.2) is 0 Å². The van der Waals surface area contributed by atoms with E-state index in [1.54, 1.807) is 7.11 Å². The molecule has 1 aromatic carbocycles. The van der Waals surface area contributed by atoms with Crippen molar-refractivity contribution >= 4 is 17.5 Å². The van der Waals surface area contributed by atoms with Gasteiger partial charge in [-0.25, -0.2) is 4.39 Å². The smallest absolute Gasteiger partial charge is 0.308 e. The molecule has 0 atom stereocenters. The van der Waals surface area contributed by atoms with Crippen molar-refractivity contribution < 1.29 is 18.3 Å². The zero-order valence-corrected chi connectivity index (χ0v) is 12.7. The first kappa shape index (κ1) is 16.4. The number of nitrogens with zero attached hydrogens (tertiary/aromatic N) is 2. The molecule has 2 rings (SSSR count). The highest BCUT2D eigenvalue weighted by atomic mass is 35.5. The number of halogens is 2. The molecule has 1 N–H and O–H groups in total. The molecule has 22 heavy (non-hydrogen) atoms. The third kappa shape index (κ3) is 4.51. The second kappa shape index (κ2) is 7.86. The highest BCUT2D eigenvalue weighted by Crippen LogP contribution is 2.20. The Labute approximate surface area is 131 Å². The summed E-state index contributed by atoms with van der Waals surface area (Å²) in [5, 5.41) is 10.4. The highest BCUT2D eigenvalue weighted by Gasteiger charge is 2.15. The van der Waals surface area contributed by atoms with Crippen LogP contribution in [0.15, 0.2) is 22.6 Å². The van der Waals surface area contributed by atoms with Crippen LogP contribution < -0.4 is 5.32 Å². The van der Waals surface area contributed by atoms with Gasteiger partial charge in [-0.1, -0.05) is 17.7 Å².